The standard InChI is InChI=1S/C36H38N4O5/c1-40(31-21-38-13-9-22-3-6-27(22)31)36(41)24-4-7-29(33(18-24)42-2)34-19-30-35(45-34)28(10-14-39-30)23-5-8-32(25(17-23)20-37)44-26-11-15-43-16-12-26/h4-5,7-8,10,14,17-19,22,26-27,31,38H,3,6,9,11-13,15-16,21H2,1-2H3. The molecule has 2 aliphatic heterocycles. The Labute approximate surface area is 263 Å². The Morgan fingerprint density at radius 2 is 1.89 bits per heavy atom. The van der Waals surface area contributed by atoms with Crippen molar-refractivity contribution in [2.45, 2.75) is 44.2 Å². The van der Waals surface area contributed by atoms with Gasteiger partial charge in [-0.2, -0.15) is 5.26 Å². The van der Waals surface area contributed by atoms with E-state index in [1.54, 1.807) is 19.4 Å². The fourth-order valence-corrected chi connectivity index (χ4v) is 7.11. The Morgan fingerprint density at radius 1 is 1.02 bits per heavy atom. The van der Waals surface area contributed by atoms with Gasteiger partial charge in [0.2, 0.25) is 0 Å². The van der Waals surface area contributed by atoms with Gasteiger partial charge in [-0.25, -0.2) is 0 Å². The van der Waals surface area contributed by atoms with Gasteiger partial charge in [0.25, 0.3) is 5.91 Å². The van der Waals surface area contributed by atoms with Crippen molar-refractivity contribution in [3.63, 3.8) is 0 Å². The van der Waals surface area contributed by atoms with Crippen molar-refractivity contribution in [1.29, 1.82) is 5.26 Å². The summed E-state index contributed by atoms with van der Waals surface area (Å²) in [7, 11) is 3.52. The summed E-state index contributed by atoms with van der Waals surface area (Å²) in [5, 5.41) is 13.4. The second-order valence-electron chi connectivity index (χ2n) is 12.3. The van der Waals surface area contributed by atoms with Crippen LogP contribution < -0.4 is 14.8 Å². The number of pyridine rings is 1. The van der Waals surface area contributed by atoms with Crippen LogP contribution in [0.15, 0.2) is 59.1 Å². The number of methoxy groups -OCH3 is 1. The summed E-state index contributed by atoms with van der Waals surface area (Å²) in [4.78, 5) is 20.1. The first-order valence-electron chi connectivity index (χ1n) is 15.9. The van der Waals surface area contributed by atoms with Crippen molar-refractivity contribution in [3.05, 3.63) is 65.9 Å². The number of rotatable bonds is 7. The molecule has 2 aromatic carbocycles. The number of nitrogens with zero attached hydrogens (tertiary/aromatic N) is 3. The number of carbonyl (C=O) groups is 1. The van der Waals surface area contributed by atoms with Gasteiger partial charge in [0.15, 0.2) is 5.58 Å². The first kappa shape index (κ1) is 29.3. The van der Waals surface area contributed by atoms with Crippen LogP contribution in [0.1, 0.15) is 48.0 Å². The number of fused-ring (bicyclic) bond motifs is 2. The van der Waals surface area contributed by atoms with Gasteiger partial charge in [0.05, 0.1) is 31.5 Å². The number of likely N-dealkylation sites (N-methyl/N-ethyl adjacent to an activating group) is 1. The lowest BCUT2D eigenvalue weighted by Crippen LogP contribution is -2.50. The molecule has 9 heteroatoms. The zero-order valence-corrected chi connectivity index (χ0v) is 25.8. The lowest BCUT2D eigenvalue weighted by molar-refractivity contribution is 0.0254. The maximum Gasteiger partial charge on any atom is 0.254 e. The van der Waals surface area contributed by atoms with Gasteiger partial charge in [-0.1, -0.05) is 6.07 Å². The minimum absolute atomic E-state index is 0.00898. The van der Waals surface area contributed by atoms with Crippen LogP contribution in [0, 0.1) is 23.2 Å². The van der Waals surface area contributed by atoms with Gasteiger partial charge < -0.3 is 28.8 Å². The molecule has 1 amide bonds. The van der Waals surface area contributed by atoms with E-state index in [1.807, 2.05) is 54.4 Å². The molecular formula is C36H38N4O5. The molecule has 0 spiro atoms. The van der Waals surface area contributed by atoms with E-state index in [4.69, 9.17) is 18.6 Å². The third-order valence-electron chi connectivity index (χ3n) is 9.83. The lowest BCUT2D eigenvalue weighted by atomic mass is 9.68. The number of hydrogen-bond acceptors (Lipinski definition) is 8. The molecule has 45 heavy (non-hydrogen) atoms. The number of nitrogens with one attached hydrogen (secondary N) is 1. The largest absolute Gasteiger partial charge is 0.496 e. The molecule has 3 aliphatic rings. The third kappa shape index (κ3) is 5.65. The summed E-state index contributed by atoms with van der Waals surface area (Å²) in [6.07, 6.45) is 7.03. The van der Waals surface area contributed by atoms with Crippen LogP contribution in [-0.2, 0) is 4.74 Å². The third-order valence-corrected chi connectivity index (χ3v) is 9.83. The molecular weight excluding hydrogens is 568 g/mol. The molecule has 1 saturated carbocycles. The number of nitriles is 1. The molecule has 3 fully saturated rings. The molecule has 2 saturated heterocycles. The van der Waals surface area contributed by atoms with Gasteiger partial charge in [0, 0.05) is 55.9 Å². The van der Waals surface area contributed by atoms with E-state index >= 15 is 0 Å². The smallest absolute Gasteiger partial charge is 0.254 e. The molecule has 1 N–H and O–H groups in total. The summed E-state index contributed by atoms with van der Waals surface area (Å²) in [5.74, 6) is 2.97. The summed E-state index contributed by atoms with van der Waals surface area (Å²) < 4.78 is 23.8. The molecule has 0 bridgehead atoms. The highest BCUT2D eigenvalue weighted by molar-refractivity contribution is 5.97. The van der Waals surface area contributed by atoms with Gasteiger partial charge >= 0.3 is 0 Å². The molecule has 1 aliphatic carbocycles. The normalized spacial score (nSPS) is 21.7. The maximum absolute atomic E-state index is 13.7. The Hall–Kier alpha value is -4.39. The predicted octanol–water partition coefficient (Wildman–Crippen LogP) is 6.06. The molecule has 232 valence electrons. The first-order valence-corrected chi connectivity index (χ1v) is 15.9. The first-order chi connectivity index (χ1) is 22.0. The number of amides is 1. The molecule has 3 unspecified atom stereocenters. The highest BCUT2D eigenvalue weighted by atomic mass is 16.5. The topological polar surface area (TPSA) is 110 Å². The predicted molar refractivity (Wildman–Crippen MR) is 170 cm³/mol. The van der Waals surface area contributed by atoms with E-state index in [0.29, 0.717) is 64.5 Å². The zero-order valence-electron chi connectivity index (χ0n) is 25.8. The van der Waals surface area contributed by atoms with Crippen molar-refractivity contribution < 1.29 is 23.4 Å². The van der Waals surface area contributed by atoms with Crippen molar-refractivity contribution in [1.82, 2.24) is 15.2 Å². The second kappa shape index (κ2) is 12.5. The molecule has 7 rings (SSSR count). The van der Waals surface area contributed by atoms with E-state index in [1.165, 1.54) is 19.3 Å². The highest BCUT2D eigenvalue weighted by Gasteiger charge is 2.41. The van der Waals surface area contributed by atoms with Crippen LogP contribution in [0.3, 0.4) is 0 Å². The lowest BCUT2D eigenvalue weighted by Gasteiger charge is -2.43. The fraction of sp³-hybridized carbons (Fsp3) is 0.417. The fourth-order valence-electron chi connectivity index (χ4n) is 7.11. The Balaban J connectivity index is 1.16. The van der Waals surface area contributed by atoms with E-state index < -0.39 is 0 Å². The molecule has 4 heterocycles. The average Bonchev–Trinajstić information content (AvgIpc) is 3.45. The van der Waals surface area contributed by atoms with Gasteiger partial charge in [-0.3, -0.25) is 9.78 Å². The minimum atomic E-state index is -0.00898. The number of hydrogen-bond donors (Lipinski definition) is 1. The van der Waals surface area contributed by atoms with Crippen LogP contribution in [0.5, 0.6) is 11.5 Å². The Kier molecular flexibility index (Phi) is 8.18. The van der Waals surface area contributed by atoms with E-state index in [-0.39, 0.29) is 18.1 Å². The summed E-state index contributed by atoms with van der Waals surface area (Å²) in [5.41, 5.74) is 4.72. The Morgan fingerprint density at radius 3 is 2.67 bits per heavy atom. The van der Waals surface area contributed by atoms with Crippen molar-refractivity contribution >= 4 is 17.0 Å². The van der Waals surface area contributed by atoms with E-state index in [0.717, 1.165) is 42.6 Å². The van der Waals surface area contributed by atoms with E-state index in [9.17, 15) is 10.1 Å². The van der Waals surface area contributed by atoms with Crippen LogP contribution >= 0.6 is 0 Å². The number of aromatic nitrogens is 1. The zero-order chi connectivity index (χ0) is 30.9. The van der Waals surface area contributed by atoms with E-state index in [2.05, 4.69) is 16.4 Å². The molecule has 0 radical (unpaired) electrons. The Bertz CT molecular complexity index is 1750. The van der Waals surface area contributed by atoms with Gasteiger partial charge in [0.1, 0.15) is 34.9 Å². The number of ether oxygens (including phenoxy) is 3. The number of benzene rings is 2. The highest BCUT2D eigenvalue weighted by Crippen LogP contribution is 2.42. The van der Waals surface area contributed by atoms with Crippen LogP contribution in [-0.4, -0.2) is 68.4 Å². The van der Waals surface area contributed by atoms with Crippen LogP contribution in [0.2, 0.25) is 0 Å². The summed E-state index contributed by atoms with van der Waals surface area (Å²) in [6, 6.07) is 17.4. The maximum atomic E-state index is 13.7. The average molecular weight is 607 g/mol. The quantitative estimate of drug-likeness (QED) is 0.270. The molecule has 3 atom stereocenters. The monoisotopic (exact) mass is 606 g/mol. The van der Waals surface area contributed by atoms with Crippen molar-refractivity contribution in [3.8, 4) is 40.0 Å². The molecule has 4 aromatic rings. The van der Waals surface area contributed by atoms with Crippen molar-refractivity contribution in [2.75, 3.05) is 40.5 Å². The number of carbonyl (C=O) groups excluding carboxylic acids is 1. The molecule has 9 nitrogen and oxygen atoms in total. The van der Waals surface area contributed by atoms with Crippen LogP contribution in [0.25, 0.3) is 33.6 Å². The molecule has 2 aromatic heterocycles. The van der Waals surface area contributed by atoms with Crippen LogP contribution in [0.4, 0.5) is 0 Å². The number of furan rings is 1. The minimum Gasteiger partial charge on any atom is -0.496 e. The second-order valence-corrected chi connectivity index (χ2v) is 12.3. The SMILES string of the molecule is COc1cc(C(=O)N(C)C2CNCCC3CCC32)ccc1-c1cc2nccc(-c3ccc(OC4CCOCC4)c(C#N)c3)c2o1. The van der Waals surface area contributed by atoms with Gasteiger partial charge in [-0.15, -0.1) is 0 Å². The van der Waals surface area contributed by atoms with Crippen molar-refractivity contribution in [2.24, 2.45) is 11.8 Å². The van der Waals surface area contributed by atoms with Gasteiger partial charge in [-0.05, 0) is 79.6 Å². The summed E-state index contributed by atoms with van der Waals surface area (Å²) in [6.45, 7) is 3.18. The summed E-state index contributed by atoms with van der Waals surface area (Å²) >= 11 is 0.